The molecule has 0 fully saturated rings. The number of methoxy groups -OCH3 is 1. The van der Waals surface area contributed by atoms with E-state index < -0.39 is 0 Å². The summed E-state index contributed by atoms with van der Waals surface area (Å²) in [5.74, 6) is 0.0213. The lowest BCUT2D eigenvalue weighted by Gasteiger charge is -2.20. The molecule has 0 saturated carbocycles. The molecule has 0 aliphatic heterocycles. The first kappa shape index (κ1) is 12.8. The van der Waals surface area contributed by atoms with Crippen LogP contribution in [0.15, 0.2) is 18.2 Å². The van der Waals surface area contributed by atoms with Gasteiger partial charge in [0.1, 0.15) is 5.84 Å². The molecule has 1 aromatic carbocycles. The molecule has 16 heavy (non-hydrogen) atoms. The zero-order valence-electron chi connectivity index (χ0n) is 9.46. The second-order valence-electron chi connectivity index (χ2n) is 3.49. The first-order chi connectivity index (χ1) is 7.56. The summed E-state index contributed by atoms with van der Waals surface area (Å²) in [6.45, 7) is 1.40. The molecule has 5 heteroatoms. The van der Waals surface area contributed by atoms with Gasteiger partial charge in [-0.25, -0.2) is 0 Å². The van der Waals surface area contributed by atoms with Crippen molar-refractivity contribution in [3.8, 4) is 0 Å². The van der Waals surface area contributed by atoms with Gasteiger partial charge in [-0.3, -0.25) is 5.41 Å². The number of nitrogens with two attached hydrogens (primary N) is 1. The summed E-state index contributed by atoms with van der Waals surface area (Å²) in [5.41, 5.74) is 6.92. The van der Waals surface area contributed by atoms with Gasteiger partial charge in [-0.15, -0.1) is 0 Å². The summed E-state index contributed by atoms with van der Waals surface area (Å²) in [6.07, 6.45) is 0. The zero-order chi connectivity index (χ0) is 12.1. The van der Waals surface area contributed by atoms with Crippen molar-refractivity contribution in [2.75, 3.05) is 32.2 Å². The minimum atomic E-state index is 0.0213. The molecule has 1 rings (SSSR count). The molecule has 0 heterocycles. The van der Waals surface area contributed by atoms with Crippen molar-refractivity contribution in [1.29, 1.82) is 5.41 Å². The Bertz CT molecular complexity index is 381. The molecule has 0 radical (unpaired) electrons. The predicted octanol–water partition coefficient (Wildman–Crippen LogP) is 1.71. The third kappa shape index (κ3) is 3.12. The van der Waals surface area contributed by atoms with E-state index in [1.54, 1.807) is 19.2 Å². The number of hydrogen-bond acceptors (Lipinski definition) is 3. The van der Waals surface area contributed by atoms with Crippen molar-refractivity contribution in [3.05, 3.63) is 28.8 Å². The number of anilines is 1. The SMILES string of the molecule is COCCN(C)c1ccc(C(=N)N)cc1Cl. The molecule has 0 aliphatic carbocycles. The molecule has 0 bridgehead atoms. The maximum atomic E-state index is 7.31. The van der Waals surface area contributed by atoms with Crippen molar-refractivity contribution in [3.63, 3.8) is 0 Å². The summed E-state index contributed by atoms with van der Waals surface area (Å²) >= 11 is 6.11. The number of amidine groups is 1. The molecule has 1 aromatic rings. The Kier molecular flexibility index (Phi) is 4.58. The molecule has 0 spiro atoms. The van der Waals surface area contributed by atoms with E-state index in [4.69, 9.17) is 27.5 Å². The number of nitrogens with zero attached hydrogens (tertiary/aromatic N) is 1. The first-order valence-corrected chi connectivity index (χ1v) is 5.28. The third-order valence-electron chi connectivity index (χ3n) is 2.30. The summed E-state index contributed by atoms with van der Waals surface area (Å²) < 4.78 is 5.00. The highest BCUT2D eigenvalue weighted by Crippen LogP contribution is 2.25. The van der Waals surface area contributed by atoms with Crippen molar-refractivity contribution >= 4 is 23.1 Å². The van der Waals surface area contributed by atoms with Crippen LogP contribution >= 0.6 is 11.6 Å². The van der Waals surface area contributed by atoms with Gasteiger partial charge in [0.05, 0.1) is 17.3 Å². The number of hydrogen-bond donors (Lipinski definition) is 2. The van der Waals surface area contributed by atoms with Crippen LogP contribution in [0.4, 0.5) is 5.69 Å². The smallest absolute Gasteiger partial charge is 0.122 e. The fraction of sp³-hybridized carbons (Fsp3) is 0.364. The third-order valence-corrected chi connectivity index (χ3v) is 2.60. The average Bonchev–Trinajstić information content (AvgIpc) is 2.25. The molecule has 0 saturated heterocycles. The van der Waals surface area contributed by atoms with Crippen LogP contribution in [0.25, 0.3) is 0 Å². The number of rotatable bonds is 5. The van der Waals surface area contributed by atoms with Crippen LogP contribution in [0.1, 0.15) is 5.56 Å². The lowest BCUT2D eigenvalue weighted by atomic mass is 10.2. The second-order valence-corrected chi connectivity index (χ2v) is 3.90. The maximum Gasteiger partial charge on any atom is 0.122 e. The van der Waals surface area contributed by atoms with Gasteiger partial charge in [0.2, 0.25) is 0 Å². The van der Waals surface area contributed by atoms with E-state index in [1.165, 1.54) is 0 Å². The lowest BCUT2D eigenvalue weighted by Crippen LogP contribution is -2.22. The van der Waals surface area contributed by atoms with Crippen molar-refractivity contribution in [2.24, 2.45) is 5.73 Å². The highest BCUT2D eigenvalue weighted by Gasteiger charge is 2.07. The lowest BCUT2D eigenvalue weighted by molar-refractivity contribution is 0.206. The molecule has 3 N–H and O–H groups in total. The van der Waals surface area contributed by atoms with Crippen LogP contribution in [0, 0.1) is 5.41 Å². The molecule has 88 valence electrons. The van der Waals surface area contributed by atoms with Gasteiger partial charge in [-0.05, 0) is 18.2 Å². The Hall–Kier alpha value is -1.26. The number of nitrogen functional groups attached to an aromatic ring is 1. The van der Waals surface area contributed by atoms with E-state index in [0.29, 0.717) is 17.2 Å². The Morgan fingerprint density at radius 1 is 1.56 bits per heavy atom. The standard InChI is InChI=1S/C11H16ClN3O/c1-15(5-6-16-2)10-4-3-8(11(13)14)7-9(10)12/h3-4,7H,5-6H2,1-2H3,(H3,13,14). The van der Waals surface area contributed by atoms with E-state index in [0.717, 1.165) is 12.2 Å². The number of likely N-dealkylation sites (N-methyl/N-ethyl adjacent to an activating group) is 1. The van der Waals surface area contributed by atoms with Gasteiger partial charge >= 0.3 is 0 Å². The monoisotopic (exact) mass is 241 g/mol. The summed E-state index contributed by atoms with van der Waals surface area (Å²) in [5, 5.41) is 7.90. The van der Waals surface area contributed by atoms with E-state index >= 15 is 0 Å². The normalized spacial score (nSPS) is 10.2. The average molecular weight is 242 g/mol. The highest BCUT2D eigenvalue weighted by atomic mass is 35.5. The van der Waals surface area contributed by atoms with Crippen molar-refractivity contribution in [1.82, 2.24) is 0 Å². The molecule has 0 amide bonds. The molecule has 0 unspecified atom stereocenters. The molecular weight excluding hydrogens is 226 g/mol. The van der Waals surface area contributed by atoms with Gasteiger partial charge in [0.25, 0.3) is 0 Å². The van der Waals surface area contributed by atoms with Crippen LogP contribution in [0.5, 0.6) is 0 Å². The molecule has 0 aliphatic rings. The predicted molar refractivity (Wildman–Crippen MR) is 67.6 cm³/mol. The fourth-order valence-electron chi connectivity index (χ4n) is 1.33. The number of benzene rings is 1. The van der Waals surface area contributed by atoms with Crippen LogP contribution in [0.3, 0.4) is 0 Å². The molecular formula is C11H16ClN3O. The molecule has 4 nitrogen and oxygen atoms in total. The van der Waals surface area contributed by atoms with E-state index in [9.17, 15) is 0 Å². The van der Waals surface area contributed by atoms with Gasteiger partial charge in [0.15, 0.2) is 0 Å². The zero-order valence-corrected chi connectivity index (χ0v) is 10.2. The minimum absolute atomic E-state index is 0.0213. The summed E-state index contributed by atoms with van der Waals surface area (Å²) in [6, 6.07) is 5.34. The van der Waals surface area contributed by atoms with Crippen LogP contribution in [-0.4, -0.2) is 33.1 Å². The Morgan fingerprint density at radius 2 is 2.25 bits per heavy atom. The van der Waals surface area contributed by atoms with Gasteiger partial charge < -0.3 is 15.4 Å². The number of ether oxygens (including phenoxy) is 1. The fourth-order valence-corrected chi connectivity index (χ4v) is 1.66. The Labute approximate surface area is 100 Å². The van der Waals surface area contributed by atoms with Crippen molar-refractivity contribution in [2.45, 2.75) is 0 Å². The Balaban J connectivity index is 2.85. The number of nitrogens with one attached hydrogen (secondary N) is 1. The number of halogens is 1. The van der Waals surface area contributed by atoms with Crippen molar-refractivity contribution < 1.29 is 4.74 Å². The maximum absolute atomic E-state index is 7.31. The Morgan fingerprint density at radius 3 is 2.75 bits per heavy atom. The topological polar surface area (TPSA) is 62.3 Å². The molecule has 0 atom stereocenters. The summed E-state index contributed by atoms with van der Waals surface area (Å²) in [7, 11) is 3.60. The molecule has 0 aromatic heterocycles. The minimum Gasteiger partial charge on any atom is -0.384 e. The van der Waals surface area contributed by atoms with Gasteiger partial charge in [0, 0.05) is 26.3 Å². The summed E-state index contributed by atoms with van der Waals surface area (Å²) in [4.78, 5) is 2.00. The second kappa shape index (κ2) is 5.72. The highest BCUT2D eigenvalue weighted by molar-refractivity contribution is 6.33. The van der Waals surface area contributed by atoms with Gasteiger partial charge in [-0.2, -0.15) is 0 Å². The van der Waals surface area contributed by atoms with E-state index in [1.807, 2.05) is 18.0 Å². The largest absolute Gasteiger partial charge is 0.384 e. The van der Waals surface area contributed by atoms with Crippen LogP contribution in [-0.2, 0) is 4.74 Å². The quantitative estimate of drug-likeness (QED) is 0.609. The van der Waals surface area contributed by atoms with Gasteiger partial charge in [-0.1, -0.05) is 11.6 Å². The first-order valence-electron chi connectivity index (χ1n) is 4.90. The van der Waals surface area contributed by atoms with E-state index in [-0.39, 0.29) is 5.84 Å². The van der Waals surface area contributed by atoms with E-state index in [2.05, 4.69) is 0 Å². The van der Waals surface area contributed by atoms with Crippen LogP contribution in [0.2, 0.25) is 5.02 Å². The van der Waals surface area contributed by atoms with Crippen LogP contribution < -0.4 is 10.6 Å².